The second kappa shape index (κ2) is 4.38. The molecule has 0 rings (SSSR count). The fourth-order valence-electron chi connectivity index (χ4n) is 1.19. The highest BCUT2D eigenvalue weighted by Gasteiger charge is 2.25. The predicted molar refractivity (Wildman–Crippen MR) is 62.0 cm³/mol. The van der Waals surface area contributed by atoms with Gasteiger partial charge in [0.2, 0.25) is 0 Å². The van der Waals surface area contributed by atoms with Crippen LogP contribution in [0.25, 0.3) is 0 Å². The van der Waals surface area contributed by atoms with Gasteiger partial charge in [-0.2, -0.15) is 0 Å². The Labute approximate surface area is 83.2 Å². The zero-order valence-electron chi connectivity index (χ0n) is 9.81. The van der Waals surface area contributed by atoms with E-state index in [1.54, 1.807) is 0 Å². The van der Waals surface area contributed by atoms with E-state index >= 15 is 0 Å². The van der Waals surface area contributed by atoms with E-state index in [0.29, 0.717) is 0 Å². The summed E-state index contributed by atoms with van der Waals surface area (Å²) < 4.78 is 4.68. The first-order valence-corrected chi connectivity index (χ1v) is 8.49. The fourth-order valence-corrected chi connectivity index (χ4v) is 2.40. The molecule has 78 valence electrons. The van der Waals surface area contributed by atoms with E-state index in [2.05, 4.69) is 31.2 Å². The minimum absolute atomic E-state index is 0.699. The molecule has 0 heterocycles. The normalized spacial score (nSPS) is 18.5. The molecule has 0 aliphatic rings. The molecule has 1 atom stereocenters. The molecule has 0 bridgehead atoms. The van der Waals surface area contributed by atoms with Gasteiger partial charge in [0.25, 0.3) is 0 Å². The van der Waals surface area contributed by atoms with Gasteiger partial charge >= 0.3 is 0 Å². The summed E-state index contributed by atoms with van der Waals surface area (Å²) in [6.45, 7) is 12.5. The first kappa shape index (κ1) is 12.8. The van der Waals surface area contributed by atoms with Crippen molar-refractivity contribution in [1.29, 1.82) is 0 Å². The second-order valence-electron chi connectivity index (χ2n) is 4.71. The zero-order valence-corrected chi connectivity index (χ0v) is 10.8. The molecule has 0 aromatic rings. The van der Waals surface area contributed by atoms with Gasteiger partial charge in [-0.05, 0) is 39.4 Å². The van der Waals surface area contributed by atoms with Gasteiger partial charge in [-0.3, -0.25) is 0 Å². The summed E-state index contributed by atoms with van der Waals surface area (Å²) >= 11 is 0. The average Bonchev–Trinajstić information content (AvgIpc) is 1.98. The van der Waals surface area contributed by atoms with Crippen molar-refractivity contribution in [2.45, 2.75) is 58.9 Å². The molecule has 0 fully saturated rings. The van der Waals surface area contributed by atoms with Crippen LogP contribution in [0.4, 0.5) is 0 Å². The van der Waals surface area contributed by atoms with Crippen molar-refractivity contribution in [3.63, 3.8) is 0 Å². The van der Waals surface area contributed by atoms with Crippen LogP contribution in [0.2, 0.25) is 19.6 Å². The predicted octanol–water partition coefficient (Wildman–Crippen LogP) is 2.83. The molecule has 1 unspecified atom stereocenters. The summed E-state index contributed by atoms with van der Waals surface area (Å²) in [6, 6.07) is 0. The zero-order chi connectivity index (χ0) is 10.7. The van der Waals surface area contributed by atoms with Crippen molar-refractivity contribution < 1.29 is 5.11 Å². The van der Waals surface area contributed by atoms with E-state index in [4.69, 9.17) is 0 Å². The standard InChI is InChI=1S/C10H23NOSi/c1-7-9(10(3,12)8-2)11-13(4,5)6/h12H,7-8H2,1-6H3. The van der Waals surface area contributed by atoms with E-state index in [0.717, 1.165) is 18.6 Å². The summed E-state index contributed by atoms with van der Waals surface area (Å²) in [5, 5.41) is 10.0. The molecule has 0 aromatic heterocycles. The lowest BCUT2D eigenvalue weighted by Crippen LogP contribution is -2.36. The van der Waals surface area contributed by atoms with Crippen LogP contribution >= 0.6 is 0 Å². The summed E-state index contributed by atoms with van der Waals surface area (Å²) in [5.41, 5.74) is 0.267. The number of rotatable bonds is 4. The lowest BCUT2D eigenvalue weighted by Gasteiger charge is -2.26. The van der Waals surface area contributed by atoms with Crippen molar-refractivity contribution in [3.05, 3.63) is 0 Å². The first-order valence-electron chi connectivity index (χ1n) is 5.04. The summed E-state index contributed by atoms with van der Waals surface area (Å²) in [5.74, 6) is 0. The smallest absolute Gasteiger partial charge is 0.172 e. The molecule has 0 saturated heterocycles. The van der Waals surface area contributed by atoms with Crippen LogP contribution in [0.3, 0.4) is 0 Å². The van der Waals surface area contributed by atoms with Crippen LogP contribution in [0.15, 0.2) is 4.66 Å². The number of nitrogens with zero attached hydrogens (tertiary/aromatic N) is 1. The van der Waals surface area contributed by atoms with Gasteiger partial charge in [-0.15, -0.1) is 0 Å². The first-order chi connectivity index (χ1) is 5.73. The Balaban J connectivity index is 4.80. The largest absolute Gasteiger partial charge is 0.384 e. The van der Waals surface area contributed by atoms with Crippen molar-refractivity contribution >= 4 is 13.9 Å². The summed E-state index contributed by atoms with van der Waals surface area (Å²) in [6.07, 6.45) is 1.59. The molecule has 0 amide bonds. The molecular formula is C10H23NOSi. The molecule has 2 nitrogen and oxygen atoms in total. The van der Waals surface area contributed by atoms with E-state index in [-0.39, 0.29) is 0 Å². The van der Waals surface area contributed by atoms with E-state index in [1.807, 2.05) is 13.8 Å². The van der Waals surface area contributed by atoms with Gasteiger partial charge < -0.3 is 9.76 Å². The van der Waals surface area contributed by atoms with E-state index < -0.39 is 13.8 Å². The number of hydrogen-bond acceptors (Lipinski definition) is 2. The fraction of sp³-hybridized carbons (Fsp3) is 0.900. The third kappa shape index (κ3) is 4.57. The number of aliphatic hydroxyl groups is 1. The number of hydrogen-bond donors (Lipinski definition) is 1. The monoisotopic (exact) mass is 201 g/mol. The summed E-state index contributed by atoms with van der Waals surface area (Å²) in [4.78, 5) is 0. The maximum absolute atomic E-state index is 10.0. The molecule has 0 aliphatic heterocycles. The molecule has 3 heteroatoms. The van der Waals surface area contributed by atoms with Crippen LogP contribution in [-0.4, -0.2) is 24.7 Å². The topological polar surface area (TPSA) is 32.6 Å². The second-order valence-corrected chi connectivity index (χ2v) is 9.28. The van der Waals surface area contributed by atoms with Crippen LogP contribution in [0, 0.1) is 0 Å². The Morgan fingerprint density at radius 2 is 1.77 bits per heavy atom. The molecule has 1 N–H and O–H groups in total. The maximum Gasteiger partial charge on any atom is 0.172 e. The lowest BCUT2D eigenvalue weighted by molar-refractivity contribution is 0.126. The quantitative estimate of drug-likeness (QED) is 0.550. The third-order valence-electron chi connectivity index (χ3n) is 2.12. The SMILES string of the molecule is CCC(=N[Si](C)(C)C)C(C)(O)CC. The Bertz CT molecular complexity index is 192. The molecule has 0 aliphatic carbocycles. The van der Waals surface area contributed by atoms with E-state index in [9.17, 15) is 5.11 Å². The van der Waals surface area contributed by atoms with Crippen molar-refractivity contribution in [2.75, 3.05) is 0 Å². The minimum atomic E-state index is -1.44. The summed E-state index contributed by atoms with van der Waals surface area (Å²) in [7, 11) is -1.44. The highest BCUT2D eigenvalue weighted by atomic mass is 28.3. The van der Waals surface area contributed by atoms with Gasteiger partial charge in [0, 0.05) is 5.71 Å². The Hall–Kier alpha value is -0.153. The lowest BCUT2D eigenvalue weighted by atomic mass is 9.95. The van der Waals surface area contributed by atoms with Gasteiger partial charge in [0.1, 0.15) is 0 Å². The highest BCUT2D eigenvalue weighted by molar-refractivity contribution is 6.75. The third-order valence-corrected chi connectivity index (χ3v) is 3.06. The van der Waals surface area contributed by atoms with Gasteiger partial charge in [0.05, 0.1) is 5.60 Å². The minimum Gasteiger partial charge on any atom is -0.384 e. The maximum atomic E-state index is 10.0. The van der Waals surface area contributed by atoms with Gasteiger partial charge in [-0.1, -0.05) is 13.8 Å². The Kier molecular flexibility index (Phi) is 4.32. The van der Waals surface area contributed by atoms with Crippen molar-refractivity contribution in [3.8, 4) is 0 Å². The highest BCUT2D eigenvalue weighted by Crippen LogP contribution is 2.16. The molecular weight excluding hydrogens is 178 g/mol. The molecule has 0 spiro atoms. The van der Waals surface area contributed by atoms with Crippen LogP contribution in [0.1, 0.15) is 33.6 Å². The van der Waals surface area contributed by atoms with E-state index in [1.165, 1.54) is 0 Å². The van der Waals surface area contributed by atoms with Crippen LogP contribution in [0.5, 0.6) is 0 Å². The molecule has 0 aromatic carbocycles. The van der Waals surface area contributed by atoms with Gasteiger partial charge in [0.15, 0.2) is 8.24 Å². The Morgan fingerprint density at radius 3 is 2.00 bits per heavy atom. The van der Waals surface area contributed by atoms with Crippen molar-refractivity contribution in [1.82, 2.24) is 0 Å². The molecule has 13 heavy (non-hydrogen) atoms. The van der Waals surface area contributed by atoms with Crippen LogP contribution < -0.4 is 0 Å². The van der Waals surface area contributed by atoms with Crippen LogP contribution in [-0.2, 0) is 0 Å². The Morgan fingerprint density at radius 1 is 1.31 bits per heavy atom. The van der Waals surface area contributed by atoms with Crippen molar-refractivity contribution in [2.24, 2.45) is 4.66 Å². The molecule has 0 saturated carbocycles. The van der Waals surface area contributed by atoms with Gasteiger partial charge in [-0.25, -0.2) is 0 Å². The molecule has 0 radical (unpaired) electrons. The average molecular weight is 201 g/mol.